The van der Waals surface area contributed by atoms with Crippen molar-refractivity contribution in [2.24, 2.45) is 23.5 Å². The summed E-state index contributed by atoms with van der Waals surface area (Å²) in [4.78, 5) is 11.2. The van der Waals surface area contributed by atoms with Crippen LogP contribution in [0.25, 0.3) is 0 Å². The normalized spacial score (nSPS) is 45.0. The fourth-order valence-electron chi connectivity index (χ4n) is 3.11. The summed E-state index contributed by atoms with van der Waals surface area (Å²) in [6.45, 7) is 0. The van der Waals surface area contributed by atoms with E-state index in [1.54, 1.807) is 6.26 Å². The molecule has 0 aromatic heterocycles. The maximum atomic E-state index is 11.5. The zero-order chi connectivity index (χ0) is 9.59. The van der Waals surface area contributed by atoms with Crippen LogP contribution in [-0.2, 0) is 15.6 Å². The first-order chi connectivity index (χ1) is 6.11. The van der Waals surface area contributed by atoms with Gasteiger partial charge in [-0.1, -0.05) is 0 Å². The van der Waals surface area contributed by atoms with Gasteiger partial charge in [-0.3, -0.25) is 9.00 Å². The summed E-state index contributed by atoms with van der Waals surface area (Å²) in [6, 6.07) is 0. The number of primary amides is 1. The average molecular weight is 201 g/mol. The smallest absolute Gasteiger partial charge is 0.222 e. The van der Waals surface area contributed by atoms with Crippen molar-refractivity contribution >= 4 is 16.7 Å². The molecule has 0 spiro atoms. The molecule has 2 rings (SSSR count). The molecule has 2 aliphatic carbocycles. The lowest BCUT2D eigenvalue weighted by molar-refractivity contribution is -0.123. The minimum atomic E-state index is -0.892. The summed E-state index contributed by atoms with van der Waals surface area (Å²) in [7, 11) is -0.892. The molecule has 2 aliphatic rings. The third kappa shape index (κ3) is 1.31. The summed E-state index contributed by atoms with van der Waals surface area (Å²) in [6.07, 6.45) is 5.00. The lowest BCUT2D eigenvalue weighted by atomic mass is 9.88. The number of hydrogen-bond acceptors (Lipinski definition) is 2. The molecule has 0 aromatic rings. The van der Waals surface area contributed by atoms with E-state index in [0.717, 1.165) is 19.3 Å². The second-order valence-corrected chi connectivity index (χ2v) is 5.77. The SMILES string of the molecule is CS(=O)[C@@H]1[C@@H]2CC[C@@H](C2)[C@@H]1C(N)=O. The van der Waals surface area contributed by atoms with Crippen LogP contribution in [0.15, 0.2) is 0 Å². The summed E-state index contributed by atoms with van der Waals surface area (Å²) in [5, 5.41) is 0.0521. The summed E-state index contributed by atoms with van der Waals surface area (Å²) >= 11 is 0. The Hall–Kier alpha value is -0.380. The molecular formula is C9H15NO2S. The molecule has 5 atom stereocenters. The standard InChI is InChI=1S/C9H15NO2S/c1-13(12)8-6-3-2-5(4-6)7(8)9(10)11/h5-8H,2-4H2,1H3,(H2,10,11)/t5-,6+,7-,8+,13?/m0/s1. The second-order valence-electron chi connectivity index (χ2n) is 4.22. The topological polar surface area (TPSA) is 60.2 Å². The van der Waals surface area contributed by atoms with Crippen LogP contribution < -0.4 is 5.73 Å². The van der Waals surface area contributed by atoms with Gasteiger partial charge in [0.2, 0.25) is 5.91 Å². The van der Waals surface area contributed by atoms with Crippen LogP contribution in [0.3, 0.4) is 0 Å². The Morgan fingerprint density at radius 1 is 1.38 bits per heavy atom. The highest BCUT2D eigenvalue weighted by molar-refractivity contribution is 7.85. The van der Waals surface area contributed by atoms with Gasteiger partial charge in [-0.15, -0.1) is 0 Å². The van der Waals surface area contributed by atoms with Gasteiger partial charge in [0.25, 0.3) is 0 Å². The number of rotatable bonds is 2. The van der Waals surface area contributed by atoms with Crippen molar-refractivity contribution in [3.8, 4) is 0 Å². The fraction of sp³-hybridized carbons (Fsp3) is 0.889. The van der Waals surface area contributed by atoms with Crippen molar-refractivity contribution < 1.29 is 9.00 Å². The van der Waals surface area contributed by atoms with Crippen LogP contribution in [0, 0.1) is 17.8 Å². The van der Waals surface area contributed by atoms with Crippen LogP contribution >= 0.6 is 0 Å². The third-order valence-electron chi connectivity index (χ3n) is 3.55. The van der Waals surface area contributed by atoms with Crippen molar-refractivity contribution in [1.29, 1.82) is 0 Å². The molecule has 0 heterocycles. The second kappa shape index (κ2) is 3.08. The largest absolute Gasteiger partial charge is 0.369 e. The first kappa shape index (κ1) is 9.19. The molecule has 1 unspecified atom stereocenters. The fourth-order valence-corrected chi connectivity index (χ4v) is 4.67. The van der Waals surface area contributed by atoms with E-state index < -0.39 is 10.8 Å². The molecule has 1 amide bonds. The first-order valence-electron chi connectivity index (χ1n) is 4.73. The highest BCUT2D eigenvalue weighted by Gasteiger charge is 2.51. The monoisotopic (exact) mass is 201 g/mol. The number of hydrogen-bond donors (Lipinski definition) is 1. The number of amides is 1. The molecule has 2 saturated carbocycles. The Morgan fingerprint density at radius 3 is 2.46 bits per heavy atom. The van der Waals surface area contributed by atoms with Gasteiger partial charge in [-0.2, -0.15) is 0 Å². The Kier molecular flexibility index (Phi) is 2.18. The molecule has 0 aromatic carbocycles. The van der Waals surface area contributed by atoms with Crippen molar-refractivity contribution in [2.75, 3.05) is 6.26 Å². The number of fused-ring (bicyclic) bond motifs is 2. The van der Waals surface area contributed by atoms with E-state index in [4.69, 9.17) is 5.73 Å². The molecular weight excluding hydrogens is 186 g/mol. The Morgan fingerprint density at radius 2 is 2.00 bits per heavy atom. The highest BCUT2D eigenvalue weighted by atomic mass is 32.2. The van der Waals surface area contributed by atoms with Gasteiger partial charge in [-0.05, 0) is 31.1 Å². The number of carbonyl (C=O) groups excluding carboxylic acids is 1. The van der Waals surface area contributed by atoms with E-state index in [2.05, 4.69) is 0 Å². The predicted molar refractivity (Wildman–Crippen MR) is 51.4 cm³/mol. The molecule has 13 heavy (non-hydrogen) atoms. The first-order valence-corrected chi connectivity index (χ1v) is 6.35. The van der Waals surface area contributed by atoms with Crippen LogP contribution in [0.5, 0.6) is 0 Å². The molecule has 2 fully saturated rings. The molecule has 0 aliphatic heterocycles. The van der Waals surface area contributed by atoms with E-state index in [1.807, 2.05) is 0 Å². The minimum absolute atomic E-state index is 0.0521. The van der Waals surface area contributed by atoms with Crippen molar-refractivity contribution in [1.82, 2.24) is 0 Å². The molecule has 2 bridgehead atoms. The maximum Gasteiger partial charge on any atom is 0.222 e. The van der Waals surface area contributed by atoms with Gasteiger partial charge in [-0.25, -0.2) is 0 Å². The molecule has 3 nitrogen and oxygen atoms in total. The molecule has 0 radical (unpaired) electrons. The minimum Gasteiger partial charge on any atom is -0.369 e. The van der Waals surface area contributed by atoms with E-state index in [-0.39, 0.29) is 17.1 Å². The van der Waals surface area contributed by atoms with Gasteiger partial charge >= 0.3 is 0 Å². The molecule has 0 saturated heterocycles. The van der Waals surface area contributed by atoms with Crippen LogP contribution in [-0.4, -0.2) is 21.6 Å². The Labute approximate surface area is 80.5 Å². The Bertz CT molecular complexity index is 240. The van der Waals surface area contributed by atoms with Gasteiger partial charge < -0.3 is 5.73 Å². The number of carbonyl (C=O) groups is 1. The van der Waals surface area contributed by atoms with Crippen molar-refractivity contribution in [3.63, 3.8) is 0 Å². The summed E-state index contributed by atoms with van der Waals surface area (Å²) in [5.41, 5.74) is 5.34. The van der Waals surface area contributed by atoms with Gasteiger partial charge in [0, 0.05) is 22.3 Å². The van der Waals surface area contributed by atoms with Crippen LogP contribution in [0.1, 0.15) is 19.3 Å². The zero-order valence-electron chi connectivity index (χ0n) is 7.73. The Balaban J connectivity index is 2.24. The average Bonchev–Trinajstić information content (AvgIpc) is 2.60. The summed E-state index contributed by atoms with van der Waals surface area (Å²) in [5.74, 6) is 0.571. The van der Waals surface area contributed by atoms with E-state index in [0.29, 0.717) is 11.8 Å². The highest BCUT2D eigenvalue weighted by Crippen LogP contribution is 2.50. The zero-order valence-corrected chi connectivity index (χ0v) is 8.55. The predicted octanol–water partition coefficient (Wildman–Crippen LogP) is 0.265. The van der Waals surface area contributed by atoms with E-state index >= 15 is 0 Å². The van der Waals surface area contributed by atoms with Gasteiger partial charge in [0.15, 0.2) is 0 Å². The molecule has 2 N–H and O–H groups in total. The van der Waals surface area contributed by atoms with E-state index in [1.165, 1.54) is 0 Å². The number of nitrogens with two attached hydrogens (primary N) is 1. The van der Waals surface area contributed by atoms with Crippen molar-refractivity contribution in [3.05, 3.63) is 0 Å². The molecule has 4 heteroatoms. The lowest BCUT2D eigenvalue weighted by Gasteiger charge is -2.26. The lowest BCUT2D eigenvalue weighted by Crippen LogP contribution is -2.40. The molecule has 74 valence electrons. The van der Waals surface area contributed by atoms with Gasteiger partial charge in [0.1, 0.15) is 0 Å². The quantitative estimate of drug-likeness (QED) is 0.697. The maximum absolute atomic E-state index is 11.5. The van der Waals surface area contributed by atoms with Crippen LogP contribution in [0.2, 0.25) is 0 Å². The van der Waals surface area contributed by atoms with Gasteiger partial charge in [0.05, 0.1) is 5.92 Å². The van der Waals surface area contributed by atoms with E-state index in [9.17, 15) is 9.00 Å². The third-order valence-corrected chi connectivity index (χ3v) is 5.00. The van der Waals surface area contributed by atoms with Crippen LogP contribution in [0.4, 0.5) is 0 Å². The van der Waals surface area contributed by atoms with Crippen molar-refractivity contribution in [2.45, 2.75) is 24.5 Å². The summed E-state index contributed by atoms with van der Waals surface area (Å²) < 4.78 is 11.5.